The number of anilines is 1. The van der Waals surface area contributed by atoms with Crippen molar-refractivity contribution in [2.75, 3.05) is 17.9 Å². The van der Waals surface area contributed by atoms with Gasteiger partial charge >= 0.3 is 0 Å². The third kappa shape index (κ3) is 4.24. The average molecular weight is 444 g/mol. The Labute approximate surface area is 184 Å². The minimum Gasteiger partial charge on any atom is -0.497 e. The Morgan fingerprint density at radius 1 is 1.20 bits per heavy atom. The van der Waals surface area contributed by atoms with Crippen LogP contribution in [0.5, 0.6) is 5.75 Å². The number of thioether (sulfide) groups is 1. The van der Waals surface area contributed by atoms with E-state index in [4.69, 9.17) is 16.3 Å². The van der Waals surface area contributed by atoms with Crippen molar-refractivity contribution in [3.05, 3.63) is 64.9 Å². The van der Waals surface area contributed by atoms with Crippen molar-refractivity contribution in [3.8, 4) is 5.75 Å². The van der Waals surface area contributed by atoms with Crippen LogP contribution in [0, 0.1) is 0 Å². The molecule has 0 spiro atoms. The summed E-state index contributed by atoms with van der Waals surface area (Å²) in [6, 6.07) is 14.5. The van der Waals surface area contributed by atoms with Gasteiger partial charge in [-0.25, -0.2) is 4.68 Å². The highest BCUT2D eigenvalue weighted by molar-refractivity contribution is 8.00. The lowest BCUT2D eigenvalue weighted by Gasteiger charge is -2.33. The van der Waals surface area contributed by atoms with Gasteiger partial charge in [0.25, 0.3) is 0 Å². The van der Waals surface area contributed by atoms with E-state index in [2.05, 4.69) is 27.9 Å². The van der Waals surface area contributed by atoms with Crippen LogP contribution in [0.15, 0.2) is 53.7 Å². The van der Waals surface area contributed by atoms with Crippen molar-refractivity contribution >= 4 is 35.0 Å². The molecule has 30 heavy (non-hydrogen) atoms. The van der Waals surface area contributed by atoms with E-state index in [-0.39, 0.29) is 11.9 Å². The number of amides is 1. The molecule has 1 aliphatic rings. The highest BCUT2D eigenvalue weighted by Crippen LogP contribution is 2.38. The number of aromatic nitrogens is 3. The van der Waals surface area contributed by atoms with Crippen LogP contribution in [0.4, 0.5) is 5.69 Å². The van der Waals surface area contributed by atoms with Crippen LogP contribution >= 0.6 is 23.4 Å². The van der Waals surface area contributed by atoms with Gasteiger partial charge < -0.3 is 15.5 Å². The number of carbonyl (C=O) groups excluding carboxylic acids is 1. The number of halogens is 1. The molecule has 0 radical (unpaired) electrons. The predicted octanol–water partition coefficient (Wildman–Crippen LogP) is 4.29. The first-order valence-electron chi connectivity index (χ1n) is 9.67. The molecule has 0 fully saturated rings. The number of rotatable bonds is 6. The van der Waals surface area contributed by atoms with Gasteiger partial charge in [-0.1, -0.05) is 42.4 Å². The van der Waals surface area contributed by atoms with Gasteiger partial charge in [0.05, 0.1) is 13.2 Å². The Balaban J connectivity index is 1.65. The number of hydrogen-bond acceptors (Lipinski definition) is 6. The monoisotopic (exact) mass is 443 g/mol. The van der Waals surface area contributed by atoms with Crippen molar-refractivity contribution < 1.29 is 9.53 Å². The maximum absolute atomic E-state index is 13.2. The maximum atomic E-state index is 13.2. The molecule has 1 aromatic heterocycles. The van der Waals surface area contributed by atoms with E-state index in [0.29, 0.717) is 15.9 Å². The molecule has 2 heterocycles. The first kappa shape index (κ1) is 20.6. The number of hydrogen-bond donors (Lipinski definition) is 2. The maximum Gasteiger partial charge on any atom is 0.240 e. The van der Waals surface area contributed by atoms with E-state index in [0.717, 1.165) is 30.0 Å². The van der Waals surface area contributed by atoms with Gasteiger partial charge in [-0.15, -0.1) is 10.2 Å². The van der Waals surface area contributed by atoms with E-state index >= 15 is 0 Å². The minimum absolute atomic E-state index is 0.123. The summed E-state index contributed by atoms with van der Waals surface area (Å²) in [5.41, 5.74) is 5.12. The quantitative estimate of drug-likeness (QED) is 0.591. The summed E-state index contributed by atoms with van der Waals surface area (Å²) in [6.07, 6.45) is 1.76. The normalized spacial score (nSPS) is 17.7. The second-order valence-electron chi connectivity index (χ2n) is 6.90. The van der Waals surface area contributed by atoms with Gasteiger partial charge in [0.15, 0.2) is 5.82 Å². The summed E-state index contributed by atoms with van der Waals surface area (Å²) < 4.78 is 7.17. The predicted molar refractivity (Wildman–Crippen MR) is 119 cm³/mol. The number of nitrogens with zero attached hydrogens (tertiary/aromatic N) is 3. The number of benzene rings is 2. The van der Waals surface area contributed by atoms with Crippen molar-refractivity contribution in [2.45, 2.75) is 36.2 Å². The van der Waals surface area contributed by atoms with Crippen LogP contribution in [0.3, 0.4) is 0 Å². The lowest BCUT2D eigenvalue weighted by Crippen LogP contribution is -2.41. The minimum atomic E-state index is -0.444. The molecule has 0 aliphatic carbocycles. The van der Waals surface area contributed by atoms with Crippen LogP contribution in [-0.4, -0.2) is 33.1 Å². The number of methoxy groups -OCH3 is 1. The molecule has 2 aromatic carbocycles. The van der Waals surface area contributed by atoms with Crippen LogP contribution in [0.25, 0.3) is 0 Å². The zero-order valence-corrected chi connectivity index (χ0v) is 18.2. The second-order valence-corrected chi connectivity index (χ2v) is 8.44. The molecule has 2 atom stereocenters. The molecule has 9 heteroatoms. The lowest BCUT2D eigenvalue weighted by molar-refractivity contribution is -0.116. The summed E-state index contributed by atoms with van der Waals surface area (Å²) in [7, 11) is 1.63. The Hall–Kier alpha value is -2.71. The van der Waals surface area contributed by atoms with E-state index < -0.39 is 5.25 Å². The third-order valence-corrected chi connectivity index (χ3v) is 6.29. The topological polar surface area (TPSA) is 81.1 Å². The largest absolute Gasteiger partial charge is 0.497 e. The van der Waals surface area contributed by atoms with E-state index in [9.17, 15) is 4.79 Å². The van der Waals surface area contributed by atoms with Crippen molar-refractivity contribution in [2.24, 2.45) is 0 Å². The van der Waals surface area contributed by atoms with Crippen molar-refractivity contribution in [1.82, 2.24) is 14.9 Å². The van der Waals surface area contributed by atoms with E-state index in [1.54, 1.807) is 31.4 Å². The van der Waals surface area contributed by atoms with Crippen molar-refractivity contribution in [1.29, 1.82) is 0 Å². The number of aryl methyl sites for hydroxylation is 1. The molecule has 2 N–H and O–H groups in total. The number of ether oxygens (including phenoxy) is 1. The Morgan fingerprint density at radius 2 is 1.93 bits per heavy atom. The zero-order chi connectivity index (χ0) is 21.1. The Morgan fingerprint density at radius 3 is 2.60 bits per heavy atom. The third-order valence-electron chi connectivity index (χ3n) is 4.82. The van der Waals surface area contributed by atoms with Crippen LogP contribution in [0.1, 0.15) is 30.8 Å². The second kappa shape index (κ2) is 8.97. The molecule has 7 nitrogen and oxygen atoms in total. The fraction of sp³-hybridized carbons (Fsp3) is 0.286. The van der Waals surface area contributed by atoms with E-state index in [1.165, 1.54) is 11.8 Å². The number of fused-ring (bicyclic) bond motifs is 1. The fourth-order valence-electron chi connectivity index (χ4n) is 3.29. The van der Waals surface area contributed by atoms with Gasteiger partial charge in [-0.2, -0.15) is 0 Å². The summed E-state index contributed by atoms with van der Waals surface area (Å²) in [4.78, 5) is 13.2. The van der Waals surface area contributed by atoms with Gasteiger partial charge in [-0.05, 0) is 48.4 Å². The molecule has 1 amide bonds. The van der Waals surface area contributed by atoms with Crippen LogP contribution < -0.4 is 15.5 Å². The molecule has 0 saturated heterocycles. The van der Waals surface area contributed by atoms with Crippen LogP contribution in [-0.2, 0) is 11.2 Å². The zero-order valence-electron chi connectivity index (χ0n) is 16.6. The lowest BCUT2D eigenvalue weighted by atomic mass is 10.0. The fourth-order valence-corrected chi connectivity index (χ4v) is 4.52. The molecule has 0 saturated carbocycles. The molecule has 1 aliphatic heterocycles. The molecule has 4 rings (SSSR count). The SMILES string of the molecule is CCCc1nnc2n1N[C@H](c1ccc(OC)cc1)[C@@H](C(=O)Nc1ccc(Cl)cc1)S2. The average Bonchev–Trinajstić information content (AvgIpc) is 3.16. The summed E-state index contributed by atoms with van der Waals surface area (Å²) in [6.45, 7) is 2.10. The summed E-state index contributed by atoms with van der Waals surface area (Å²) >= 11 is 7.36. The van der Waals surface area contributed by atoms with Crippen LogP contribution in [0.2, 0.25) is 5.02 Å². The number of carbonyl (C=O) groups is 1. The first-order chi connectivity index (χ1) is 14.6. The molecule has 0 unspecified atom stereocenters. The molecular weight excluding hydrogens is 422 g/mol. The Kier molecular flexibility index (Phi) is 6.15. The highest BCUT2D eigenvalue weighted by Gasteiger charge is 2.37. The molecule has 3 aromatic rings. The molecule has 0 bridgehead atoms. The van der Waals surface area contributed by atoms with Gasteiger partial charge in [0.1, 0.15) is 11.0 Å². The molecular formula is C21H22ClN5O2S. The van der Waals surface area contributed by atoms with Gasteiger partial charge in [0.2, 0.25) is 11.1 Å². The van der Waals surface area contributed by atoms with Crippen molar-refractivity contribution in [3.63, 3.8) is 0 Å². The Bertz CT molecular complexity index is 1020. The highest BCUT2D eigenvalue weighted by atomic mass is 35.5. The van der Waals surface area contributed by atoms with Gasteiger partial charge in [-0.3, -0.25) is 4.79 Å². The molecule has 156 valence electrons. The standard InChI is InChI=1S/C21H22ClN5O2S/c1-3-4-17-24-25-21-27(17)26-18(13-5-11-16(29-2)12-6-13)19(30-21)20(28)23-15-9-7-14(22)8-10-15/h5-12,18-19,26H,3-4H2,1-2H3,(H,23,28)/t18-,19+/m1/s1. The number of nitrogens with one attached hydrogen (secondary N) is 2. The van der Waals surface area contributed by atoms with E-state index in [1.807, 2.05) is 28.9 Å². The first-order valence-corrected chi connectivity index (χ1v) is 10.9. The smallest absolute Gasteiger partial charge is 0.240 e. The summed E-state index contributed by atoms with van der Waals surface area (Å²) in [5, 5.41) is 12.4. The van der Waals surface area contributed by atoms with Gasteiger partial charge in [0, 0.05) is 17.1 Å². The summed E-state index contributed by atoms with van der Waals surface area (Å²) in [5.74, 6) is 1.50.